The summed E-state index contributed by atoms with van der Waals surface area (Å²) in [5.41, 5.74) is 1.90. The minimum absolute atomic E-state index is 0.512. The summed E-state index contributed by atoms with van der Waals surface area (Å²) in [7, 11) is -1.71. The lowest BCUT2D eigenvalue weighted by molar-refractivity contribution is 0.241. The quantitative estimate of drug-likeness (QED) is 0.651. The highest BCUT2D eigenvalue weighted by atomic mass is 35.5. The molecule has 0 spiro atoms. The highest BCUT2D eigenvalue weighted by Gasteiger charge is 2.22. The summed E-state index contributed by atoms with van der Waals surface area (Å²) in [6.07, 6.45) is 3.32. The Labute approximate surface area is 172 Å². The van der Waals surface area contributed by atoms with Crippen LogP contribution in [0.15, 0.2) is 48.5 Å². The molecule has 0 amide bonds. The van der Waals surface area contributed by atoms with E-state index in [0.29, 0.717) is 18.2 Å². The molecule has 0 unspecified atom stereocenters. The van der Waals surface area contributed by atoms with Crippen LogP contribution in [-0.4, -0.2) is 52.9 Å². The van der Waals surface area contributed by atoms with E-state index in [4.69, 9.17) is 16.3 Å². The molecule has 0 saturated carbocycles. The second-order valence-corrected chi connectivity index (χ2v) is 9.82. The van der Waals surface area contributed by atoms with Crippen molar-refractivity contribution in [1.29, 1.82) is 0 Å². The molecule has 0 N–H and O–H groups in total. The molecule has 7 heteroatoms. The number of ether oxygens (including phenoxy) is 1. The Balaban J connectivity index is 1.43. The lowest BCUT2D eigenvalue weighted by atomic mass is 10.1. The molecule has 0 bridgehead atoms. The molecule has 1 atom stereocenters. The third-order valence-electron chi connectivity index (χ3n) is 5.16. The van der Waals surface area contributed by atoms with Gasteiger partial charge in [0, 0.05) is 31.1 Å². The summed E-state index contributed by atoms with van der Waals surface area (Å²) < 4.78 is 30.4. The summed E-state index contributed by atoms with van der Waals surface area (Å²) in [5, 5.41) is 0.791. The number of sulfonamides is 1. The minimum Gasteiger partial charge on any atom is -0.493 e. The van der Waals surface area contributed by atoms with E-state index >= 15 is 0 Å². The topological polar surface area (TPSA) is 49.9 Å². The maximum atomic E-state index is 11.6. The van der Waals surface area contributed by atoms with E-state index in [1.807, 2.05) is 30.3 Å². The van der Waals surface area contributed by atoms with Gasteiger partial charge in [0.25, 0.3) is 0 Å². The number of rotatable bonds is 8. The molecule has 152 valence electrons. The Bertz CT molecular complexity index is 887. The fourth-order valence-electron chi connectivity index (χ4n) is 3.39. The van der Waals surface area contributed by atoms with Gasteiger partial charge in [-0.2, -0.15) is 0 Å². The normalized spacial score (nSPS) is 17.6. The molecule has 0 aromatic heterocycles. The molecule has 1 saturated heterocycles. The zero-order valence-corrected chi connectivity index (χ0v) is 17.9. The van der Waals surface area contributed by atoms with Crippen LogP contribution in [0, 0.1) is 5.92 Å². The van der Waals surface area contributed by atoms with Crippen LogP contribution in [0.25, 0.3) is 0 Å². The van der Waals surface area contributed by atoms with Crippen molar-refractivity contribution in [2.45, 2.75) is 12.8 Å². The Kier molecular flexibility index (Phi) is 6.86. The van der Waals surface area contributed by atoms with Gasteiger partial charge in [0.05, 0.1) is 18.6 Å². The lowest BCUT2D eigenvalue weighted by Gasteiger charge is -2.18. The Morgan fingerprint density at radius 3 is 2.64 bits per heavy atom. The van der Waals surface area contributed by atoms with Crippen molar-refractivity contribution in [3.8, 4) is 5.75 Å². The SMILES string of the molecule is CN(c1ccc(OC[C@@H]2CCN(CCc3cccc(Cl)c3)C2)cc1)S(C)(=O)=O. The van der Waals surface area contributed by atoms with E-state index in [1.165, 1.54) is 16.1 Å². The van der Waals surface area contributed by atoms with E-state index in [1.54, 1.807) is 19.2 Å². The lowest BCUT2D eigenvalue weighted by Crippen LogP contribution is -2.25. The summed E-state index contributed by atoms with van der Waals surface area (Å²) in [6, 6.07) is 15.2. The predicted molar refractivity (Wildman–Crippen MR) is 115 cm³/mol. The molecule has 1 heterocycles. The fraction of sp³-hybridized carbons (Fsp3) is 0.429. The number of nitrogens with zero attached hydrogens (tertiary/aromatic N) is 2. The summed E-state index contributed by atoms with van der Waals surface area (Å²) in [4.78, 5) is 2.47. The maximum absolute atomic E-state index is 11.6. The molecule has 1 aliphatic rings. The second-order valence-electron chi connectivity index (χ2n) is 7.37. The van der Waals surface area contributed by atoms with Crippen LogP contribution in [0.2, 0.25) is 5.02 Å². The van der Waals surface area contributed by atoms with Gasteiger partial charge in [-0.15, -0.1) is 0 Å². The van der Waals surface area contributed by atoms with E-state index in [0.717, 1.165) is 43.2 Å². The Hall–Kier alpha value is -1.76. The van der Waals surface area contributed by atoms with Gasteiger partial charge in [0.1, 0.15) is 5.75 Å². The summed E-state index contributed by atoms with van der Waals surface area (Å²) in [6.45, 7) is 3.83. The van der Waals surface area contributed by atoms with Crippen molar-refractivity contribution in [1.82, 2.24) is 4.90 Å². The molecule has 3 rings (SSSR count). The summed E-state index contributed by atoms with van der Waals surface area (Å²) in [5.74, 6) is 1.28. The first-order valence-electron chi connectivity index (χ1n) is 9.45. The van der Waals surface area contributed by atoms with Crippen LogP contribution in [0.3, 0.4) is 0 Å². The van der Waals surface area contributed by atoms with E-state index < -0.39 is 10.0 Å². The first-order valence-corrected chi connectivity index (χ1v) is 11.7. The molecule has 2 aromatic rings. The van der Waals surface area contributed by atoms with Crippen molar-refractivity contribution in [3.63, 3.8) is 0 Å². The number of hydrogen-bond donors (Lipinski definition) is 0. The number of likely N-dealkylation sites (tertiary alicyclic amines) is 1. The van der Waals surface area contributed by atoms with E-state index in [-0.39, 0.29) is 0 Å². The van der Waals surface area contributed by atoms with Gasteiger partial charge in [-0.25, -0.2) is 8.42 Å². The third kappa shape index (κ3) is 5.87. The first-order chi connectivity index (χ1) is 13.3. The van der Waals surface area contributed by atoms with Crippen LogP contribution < -0.4 is 9.04 Å². The van der Waals surface area contributed by atoms with Crippen molar-refractivity contribution >= 4 is 27.3 Å². The molecule has 0 radical (unpaired) electrons. The number of hydrogen-bond acceptors (Lipinski definition) is 4. The monoisotopic (exact) mass is 422 g/mol. The van der Waals surface area contributed by atoms with Gasteiger partial charge < -0.3 is 9.64 Å². The Morgan fingerprint density at radius 1 is 1.21 bits per heavy atom. The molecule has 1 fully saturated rings. The van der Waals surface area contributed by atoms with E-state index in [9.17, 15) is 8.42 Å². The number of halogens is 1. The maximum Gasteiger partial charge on any atom is 0.231 e. The number of benzene rings is 2. The van der Waals surface area contributed by atoms with Crippen LogP contribution in [0.4, 0.5) is 5.69 Å². The molecular weight excluding hydrogens is 396 g/mol. The van der Waals surface area contributed by atoms with Gasteiger partial charge in [0.2, 0.25) is 10.0 Å². The zero-order chi connectivity index (χ0) is 20.1. The zero-order valence-electron chi connectivity index (χ0n) is 16.3. The van der Waals surface area contributed by atoms with E-state index in [2.05, 4.69) is 11.0 Å². The van der Waals surface area contributed by atoms with Gasteiger partial charge in [-0.3, -0.25) is 4.31 Å². The average molecular weight is 423 g/mol. The Morgan fingerprint density at radius 2 is 1.96 bits per heavy atom. The standard InChI is InChI=1S/C21H27ClN2O3S/c1-23(28(2,25)26)20-6-8-21(9-7-20)27-16-18-11-13-24(15-18)12-10-17-4-3-5-19(22)14-17/h3-9,14,18H,10-13,15-16H2,1-2H3/t18-/m1/s1. The van der Waals surface area contributed by atoms with Crippen molar-refractivity contribution in [3.05, 3.63) is 59.1 Å². The molecule has 5 nitrogen and oxygen atoms in total. The molecular formula is C21H27ClN2O3S. The summed E-state index contributed by atoms with van der Waals surface area (Å²) >= 11 is 6.05. The van der Waals surface area contributed by atoms with Crippen molar-refractivity contribution in [2.75, 3.05) is 43.8 Å². The van der Waals surface area contributed by atoms with Crippen LogP contribution >= 0.6 is 11.6 Å². The van der Waals surface area contributed by atoms with Gasteiger partial charge >= 0.3 is 0 Å². The first kappa shape index (κ1) is 21.0. The van der Waals surface area contributed by atoms with Gasteiger partial charge in [-0.1, -0.05) is 23.7 Å². The van der Waals surface area contributed by atoms with Crippen molar-refractivity contribution < 1.29 is 13.2 Å². The second kappa shape index (κ2) is 9.16. The minimum atomic E-state index is -3.25. The predicted octanol–water partition coefficient (Wildman–Crippen LogP) is 3.68. The molecule has 1 aliphatic heterocycles. The smallest absolute Gasteiger partial charge is 0.231 e. The molecule has 0 aliphatic carbocycles. The third-order valence-corrected chi connectivity index (χ3v) is 6.60. The highest BCUT2D eigenvalue weighted by Crippen LogP contribution is 2.23. The molecule has 28 heavy (non-hydrogen) atoms. The van der Waals surface area contributed by atoms with Gasteiger partial charge in [0.15, 0.2) is 0 Å². The number of anilines is 1. The highest BCUT2D eigenvalue weighted by molar-refractivity contribution is 7.92. The average Bonchev–Trinajstić information content (AvgIpc) is 3.12. The van der Waals surface area contributed by atoms with Crippen LogP contribution in [0.5, 0.6) is 5.75 Å². The van der Waals surface area contributed by atoms with Crippen molar-refractivity contribution in [2.24, 2.45) is 5.92 Å². The molecule has 2 aromatic carbocycles. The van der Waals surface area contributed by atoms with Gasteiger partial charge in [-0.05, 0) is 61.3 Å². The van der Waals surface area contributed by atoms with Crippen LogP contribution in [0.1, 0.15) is 12.0 Å². The largest absolute Gasteiger partial charge is 0.493 e. The fourth-order valence-corrected chi connectivity index (χ4v) is 4.11. The van der Waals surface area contributed by atoms with Crippen LogP contribution in [-0.2, 0) is 16.4 Å².